The molecule has 42 heavy (non-hydrogen) atoms. The van der Waals surface area contributed by atoms with Crippen LogP contribution in [0.3, 0.4) is 0 Å². The van der Waals surface area contributed by atoms with Crippen LogP contribution in [-0.2, 0) is 0 Å². The van der Waals surface area contributed by atoms with Crippen LogP contribution < -0.4 is 19.6 Å². The second kappa shape index (κ2) is 11.9. The van der Waals surface area contributed by atoms with Crippen molar-refractivity contribution < 1.29 is 9.47 Å². The molecule has 0 amide bonds. The standard InChI is InChI=1S/C32H24ClN5O3S/c1-3-17-41-26-15-9-21(18-27(26)40-2)10-16-29-34-32-38(35-29)31(39)28(42-32)19-23-20-37(25-7-5-4-6-8-25)36-30(23)22-11-13-24(33)14-12-22/h3-16,18-20H,1,17H2,2H3/b16-10+,28-19-. The number of thiazole rings is 1. The number of methoxy groups -OCH3 is 1. The van der Waals surface area contributed by atoms with E-state index < -0.39 is 0 Å². The zero-order valence-corrected chi connectivity index (χ0v) is 24.0. The van der Waals surface area contributed by atoms with E-state index >= 15 is 0 Å². The second-order valence-corrected chi connectivity index (χ2v) is 10.6. The molecule has 3 heterocycles. The smallest absolute Gasteiger partial charge is 0.291 e. The fourth-order valence-electron chi connectivity index (χ4n) is 4.33. The maximum atomic E-state index is 13.3. The minimum Gasteiger partial charge on any atom is -0.493 e. The van der Waals surface area contributed by atoms with Gasteiger partial charge in [-0.25, -0.2) is 4.68 Å². The third-order valence-corrected chi connectivity index (χ3v) is 7.55. The van der Waals surface area contributed by atoms with Gasteiger partial charge >= 0.3 is 0 Å². The van der Waals surface area contributed by atoms with Crippen molar-refractivity contribution in [1.29, 1.82) is 0 Å². The van der Waals surface area contributed by atoms with E-state index in [-0.39, 0.29) is 5.56 Å². The molecule has 0 atom stereocenters. The molecule has 0 aliphatic heterocycles. The van der Waals surface area contributed by atoms with E-state index in [9.17, 15) is 4.79 Å². The van der Waals surface area contributed by atoms with Gasteiger partial charge in [-0.15, -0.1) is 5.10 Å². The van der Waals surface area contributed by atoms with Gasteiger partial charge in [-0.3, -0.25) is 4.79 Å². The Morgan fingerprint density at radius 2 is 1.81 bits per heavy atom. The summed E-state index contributed by atoms with van der Waals surface area (Å²) in [6.07, 6.45) is 9.02. The van der Waals surface area contributed by atoms with E-state index in [2.05, 4.69) is 16.7 Å². The van der Waals surface area contributed by atoms with Crippen molar-refractivity contribution >= 4 is 46.1 Å². The van der Waals surface area contributed by atoms with Gasteiger partial charge in [0.25, 0.3) is 5.56 Å². The van der Waals surface area contributed by atoms with Gasteiger partial charge in [0.15, 0.2) is 17.3 Å². The maximum Gasteiger partial charge on any atom is 0.291 e. The number of ether oxygens (including phenoxy) is 2. The van der Waals surface area contributed by atoms with Crippen molar-refractivity contribution in [3.8, 4) is 28.4 Å². The summed E-state index contributed by atoms with van der Waals surface area (Å²) in [4.78, 5) is 18.4. The second-order valence-electron chi connectivity index (χ2n) is 9.14. The van der Waals surface area contributed by atoms with Crippen molar-refractivity contribution in [2.75, 3.05) is 13.7 Å². The molecule has 208 valence electrons. The van der Waals surface area contributed by atoms with E-state index in [1.165, 1.54) is 15.9 Å². The topological polar surface area (TPSA) is 83.5 Å². The first-order valence-electron chi connectivity index (χ1n) is 12.9. The molecule has 0 fully saturated rings. The van der Waals surface area contributed by atoms with E-state index in [0.717, 1.165) is 28.1 Å². The highest BCUT2D eigenvalue weighted by Gasteiger charge is 2.14. The van der Waals surface area contributed by atoms with Crippen LogP contribution in [0.5, 0.6) is 11.5 Å². The molecule has 0 radical (unpaired) electrons. The van der Waals surface area contributed by atoms with Crippen LogP contribution in [0.25, 0.3) is 40.1 Å². The lowest BCUT2D eigenvalue weighted by Crippen LogP contribution is -2.23. The summed E-state index contributed by atoms with van der Waals surface area (Å²) in [6.45, 7) is 4.05. The average molecular weight is 594 g/mol. The van der Waals surface area contributed by atoms with Gasteiger partial charge in [-0.2, -0.15) is 14.6 Å². The lowest BCUT2D eigenvalue weighted by atomic mass is 10.1. The number of hydrogen-bond donors (Lipinski definition) is 0. The molecule has 0 N–H and O–H groups in total. The zero-order valence-electron chi connectivity index (χ0n) is 22.5. The van der Waals surface area contributed by atoms with Crippen LogP contribution in [0.2, 0.25) is 5.02 Å². The first-order chi connectivity index (χ1) is 20.5. The SMILES string of the molecule is C=CCOc1ccc(/C=C/c2nc3s/c(=C\c4cn(-c5ccccc5)nc4-c4ccc(Cl)cc4)c(=O)n3n2)cc1OC. The van der Waals surface area contributed by atoms with Crippen molar-refractivity contribution in [3.05, 3.63) is 129 Å². The minimum atomic E-state index is -0.248. The minimum absolute atomic E-state index is 0.248. The third-order valence-electron chi connectivity index (χ3n) is 6.33. The number of para-hydroxylation sites is 1. The number of nitrogens with zero attached hydrogens (tertiary/aromatic N) is 5. The number of rotatable bonds is 9. The van der Waals surface area contributed by atoms with E-state index in [1.807, 2.05) is 91.1 Å². The van der Waals surface area contributed by atoms with Crippen LogP contribution in [0.4, 0.5) is 0 Å². The highest BCUT2D eigenvalue weighted by Crippen LogP contribution is 2.29. The molecule has 0 spiro atoms. The van der Waals surface area contributed by atoms with Crippen molar-refractivity contribution in [3.63, 3.8) is 0 Å². The van der Waals surface area contributed by atoms with Gasteiger partial charge < -0.3 is 9.47 Å². The lowest BCUT2D eigenvalue weighted by Gasteiger charge is -2.09. The fourth-order valence-corrected chi connectivity index (χ4v) is 5.36. The van der Waals surface area contributed by atoms with E-state index in [1.54, 1.807) is 23.9 Å². The van der Waals surface area contributed by atoms with Gasteiger partial charge in [-0.1, -0.05) is 78.1 Å². The van der Waals surface area contributed by atoms with Gasteiger partial charge in [0.2, 0.25) is 4.96 Å². The molecule has 0 bridgehead atoms. The van der Waals surface area contributed by atoms with Crippen LogP contribution in [0, 0.1) is 0 Å². The molecule has 0 aliphatic carbocycles. The lowest BCUT2D eigenvalue weighted by molar-refractivity contribution is 0.326. The Kier molecular flexibility index (Phi) is 7.68. The summed E-state index contributed by atoms with van der Waals surface area (Å²) < 4.78 is 14.7. The molecule has 0 aliphatic rings. The first kappa shape index (κ1) is 27.2. The summed E-state index contributed by atoms with van der Waals surface area (Å²) in [6, 6.07) is 22.9. The summed E-state index contributed by atoms with van der Waals surface area (Å²) in [5.41, 5.74) is 3.94. The molecule has 0 saturated carbocycles. The summed E-state index contributed by atoms with van der Waals surface area (Å²) in [5.74, 6) is 1.66. The molecule has 8 nitrogen and oxygen atoms in total. The van der Waals surface area contributed by atoms with Crippen LogP contribution >= 0.6 is 22.9 Å². The molecule has 3 aromatic heterocycles. The Morgan fingerprint density at radius 1 is 1.00 bits per heavy atom. The normalized spacial score (nSPS) is 11.9. The fraction of sp³-hybridized carbons (Fsp3) is 0.0625. The van der Waals surface area contributed by atoms with Gasteiger partial charge in [0, 0.05) is 22.3 Å². The average Bonchev–Trinajstić information content (AvgIpc) is 3.70. The highest BCUT2D eigenvalue weighted by molar-refractivity contribution is 7.15. The predicted molar refractivity (Wildman–Crippen MR) is 168 cm³/mol. The van der Waals surface area contributed by atoms with Crippen molar-refractivity contribution in [2.45, 2.75) is 0 Å². The number of benzene rings is 3. The Labute approximate surface area is 250 Å². The Balaban J connectivity index is 1.33. The Morgan fingerprint density at radius 3 is 2.55 bits per heavy atom. The largest absolute Gasteiger partial charge is 0.493 e. The van der Waals surface area contributed by atoms with E-state index in [4.69, 9.17) is 26.2 Å². The van der Waals surface area contributed by atoms with Crippen LogP contribution in [0.15, 0.2) is 96.4 Å². The molecule has 3 aromatic carbocycles. The van der Waals surface area contributed by atoms with Crippen molar-refractivity contribution in [2.24, 2.45) is 0 Å². The Hall–Kier alpha value is -4.99. The molecule has 0 saturated heterocycles. The van der Waals surface area contributed by atoms with Crippen molar-refractivity contribution in [1.82, 2.24) is 24.4 Å². The number of halogens is 1. The summed E-state index contributed by atoms with van der Waals surface area (Å²) in [7, 11) is 1.59. The zero-order chi connectivity index (χ0) is 29.1. The molecule has 6 aromatic rings. The molecule has 0 unspecified atom stereocenters. The number of fused-ring (bicyclic) bond motifs is 1. The number of hydrogen-bond acceptors (Lipinski definition) is 7. The molecular weight excluding hydrogens is 570 g/mol. The van der Waals surface area contributed by atoms with Gasteiger partial charge in [-0.05, 0) is 54.1 Å². The third kappa shape index (κ3) is 5.60. The van der Waals surface area contributed by atoms with Crippen LogP contribution in [0.1, 0.15) is 17.0 Å². The maximum absolute atomic E-state index is 13.3. The van der Waals surface area contributed by atoms with Gasteiger partial charge in [0.1, 0.15) is 12.3 Å². The highest BCUT2D eigenvalue weighted by atomic mass is 35.5. The molecular formula is C32H24ClN5O3S. The predicted octanol–water partition coefficient (Wildman–Crippen LogP) is 5.95. The summed E-state index contributed by atoms with van der Waals surface area (Å²) in [5, 5.41) is 9.89. The molecule has 6 rings (SSSR count). The molecule has 10 heteroatoms. The number of aromatic nitrogens is 5. The monoisotopic (exact) mass is 593 g/mol. The summed E-state index contributed by atoms with van der Waals surface area (Å²) >= 11 is 7.39. The van der Waals surface area contributed by atoms with Crippen LogP contribution in [-0.4, -0.2) is 38.1 Å². The van der Waals surface area contributed by atoms with E-state index in [0.29, 0.717) is 38.4 Å². The Bertz CT molecular complexity index is 2030. The van der Waals surface area contributed by atoms with Gasteiger partial charge in [0.05, 0.1) is 17.3 Å². The first-order valence-corrected chi connectivity index (χ1v) is 14.1. The quantitative estimate of drug-likeness (QED) is 0.193.